The van der Waals surface area contributed by atoms with E-state index in [0.717, 1.165) is 17.0 Å². The molecule has 0 saturated carbocycles. The summed E-state index contributed by atoms with van der Waals surface area (Å²) in [5.41, 5.74) is 0.691. The van der Waals surface area contributed by atoms with Crippen molar-refractivity contribution >= 4 is 0 Å². The highest BCUT2D eigenvalue weighted by atomic mass is 16.5. The summed E-state index contributed by atoms with van der Waals surface area (Å²) in [7, 11) is 0. The van der Waals surface area contributed by atoms with E-state index in [4.69, 9.17) is 0 Å². The number of nitrogens with zero attached hydrogens (tertiary/aromatic N) is 1. The van der Waals surface area contributed by atoms with Crippen LogP contribution in [0.2, 0.25) is 0 Å². The van der Waals surface area contributed by atoms with E-state index < -0.39 is 0 Å². The standard InChI is InChI=1S/C11H12NO/c1-11(8-5-9-12(11)13)10-6-3-2-4-7-10/h2-7,9H,8H2,1H3/q-1. The molecule has 0 bridgehead atoms. The zero-order valence-electron chi connectivity index (χ0n) is 7.60. The lowest BCUT2D eigenvalue weighted by molar-refractivity contribution is 0.259. The van der Waals surface area contributed by atoms with Gasteiger partial charge in [-0.15, -0.1) is 0 Å². The Kier molecular flexibility index (Phi) is 1.85. The monoisotopic (exact) mass is 174 g/mol. The van der Waals surface area contributed by atoms with Crippen LogP contribution in [0.4, 0.5) is 0 Å². The van der Waals surface area contributed by atoms with Gasteiger partial charge in [-0.2, -0.15) is 0 Å². The molecular formula is C11H12NO-. The molecule has 0 amide bonds. The van der Waals surface area contributed by atoms with Crippen molar-refractivity contribution in [2.45, 2.75) is 18.9 Å². The number of hydroxylamine groups is 2. The Labute approximate surface area is 78.1 Å². The van der Waals surface area contributed by atoms with E-state index in [0.29, 0.717) is 0 Å². The Morgan fingerprint density at radius 1 is 1.31 bits per heavy atom. The van der Waals surface area contributed by atoms with Crippen molar-refractivity contribution < 1.29 is 0 Å². The minimum atomic E-state index is -0.388. The molecule has 0 saturated heterocycles. The van der Waals surface area contributed by atoms with Crippen LogP contribution in [-0.4, -0.2) is 5.06 Å². The zero-order valence-corrected chi connectivity index (χ0v) is 7.60. The van der Waals surface area contributed by atoms with Crippen LogP contribution in [0.15, 0.2) is 42.6 Å². The molecule has 0 aromatic heterocycles. The summed E-state index contributed by atoms with van der Waals surface area (Å²) in [4.78, 5) is 0. The van der Waals surface area contributed by atoms with Gasteiger partial charge in [0.05, 0.1) is 5.54 Å². The highest BCUT2D eigenvalue weighted by Gasteiger charge is 2.28. The molecule has 2 rings (SSSR count). The van der Waals surface area contributed by atoms with Gasteiger partial charge in [-0.1, -0.05) is 36.4 Å². The van der Waals surface area contributed by atoms with E-state index in [1.54, 1.807) is 6.20 Å². The fourth-order valence-electron chi connectivity index (χ4n) is 1.67. The molecule has 0 N–H and O–H groups in total. The van der Waals surface area contributed by atoms with Gasteiger partial charge >= 0.3 is 0 Å². The lowest BCUT2D eigenvalue weighted by Gasteiger charge is -2.42. The van der Waals surface area contributed by atoms with Crippen molar-refractivity contribution in [3.05, 3.63) is 53.4 Å². The van der Waals surface area contributed by atoms with E-state index >= 15 is 0 Å². The zero-order chi connectivity index (χ0) is 9.31. The molecular weight excluding hydrogens is 162 g/mol. The van der Waals surface area contributed by atoms with E-state index in [9.17, 15) is 5.21 Å². The second-order valence-corrected chi connectivity index (χ2v) is 3.55. The van der Waals surface area contributed by atoms with Crippen LogP contribution in [0.3, 0.4) is 0 Å². The summed E-state index contributed by atoms with van der Waals surface area (Å²) in [6.07, 6.45) is 4.31. The van der Waals surface area contributed by atoms with Crippen LogP contribution in [0, 0.1) is 5.21 Å². The Hall–Kier alpha value is -1.28. The van der Waals surface area contributed by atoms with Gasteiger partial charge in [0, 0.05) is 0 Å². The second kappa shape index (κ2) is 2.89. The third-order valence-corrected chi connectivity index (χ3v) is 2.64. The average Bonchev–Trinajstić information content (AvgIpc) is 2.50. The SMILES string of the molecule is CC1(c2ccccc2)CC=CN1[O-]. The predicted octanol–water partition coefficient (Wildman–Crippen LogP) is 2.62. The fourth-order valence-corrected chi connectivity index (χ4v) is 1.67. The van der Waals surface area contributed by atoms with Gasteiger partial charge in [0.1, 0.15) is 0 Å². The highest BCUT2D eigenvalue weighted by molar-refractivity contribution is 5.28. The van der Waals surface area contributed by atoms with Gasteiger partial charge in [0.2, 0.25) is 0 Å². The van der Waals surface area contributed by atoms with Gasteiger partial charge in [-0.05, 0) is 25.1 Å². The number of rotatable bonds is 1. The molecule has 2 nitrogen and oxygen atoms in total. The lowest BCUT2D eigenvalue weighted by Crippen LogP contribution is -2.32. The molecule has 0 radical (unpaired) electrons. The van der Waals surface area contributed by atoms with Crippen LogP contribution in [0.25, 0.3) is 0 Å². The normalized spacial score (nSPS) is 26.8. The molecule has 0 fully saturated rings. The molecule has 1 atom stereocenters. The summed E-state index contributed by atoms with van der Waals surface area (Å²) in [5.74, 6) is 0. The highest BCUT2D eigenvalue weighted by Crippen LogP contribution is 2.35. The molecule has 2 heteroatoms. The quantitative estimate of drug-likeness (QED) is 0.654. The Balaban J connectivity index is 2.36. The van der Waals surface area contributed by atoms with Crippen LogP contribution in [-0.2, 0) is 5.54 Å². The van der Waals surface area contributed by atoms with Crippen molar-refractivity contribution in [2.24, 2.45) is 0 Å². The lowest BCUT2D eigenvalue weighted by atomic mass is 9.90. The van der Waals surface area contributed by atoms with E-state index in [1.807, 2.05) is 43.3 Å². The van der Waals surface area contributed by atoms with Gasteiger partial charge < -0.3 is 10.3 Å². The number of benzene rings is 1. The van der Waals surface area contributed by atoms with E-state index in [2.05, 4.69) is 0 Å². The first-order chi connectivity index (χ1) is 6.23. The average molecular weight is 174 g/mol. The van der Waals surface area contributed by atoms with Crippen LogP contribution >= 0.6 is 0 Å². The molecule has 0 aliphatic carbocycles. The third kappa shape index (κ3) is 1.23. The maximum atomic E-state index is 11.5. The van der Waals surface area contributed by atoms with Crippen LogP contribution in [0.5, 0.6) is 0 Å². The van der Waals surface area contributed by atoms with Crippen molar-refractivity contribution in [3.8, 4) is 0 Å². The van der Waals surface area contributed by atoms with Gasteiger partial charge in [0.25, 0.3) is 0 Å². The van der Waals surface area contributed by atoms with Crippen molar-refractivity contribution in [3.63, 3.8) is 0 Å². The molecule has 1 aromatic carbocycles. The number of hydrogen-bond acceptors (Lipinski definition) is 2. The van der Waals surface area contributed by atoms with Crippen LogP contribution < -0.4 is 0 Å². The molecule has 0 spiro atoms. The molecule has 1 unspecified atom stereocenters. The smallest absolute Gasteiger partial charge is 0.0548 e. The first-order valence-electron chi connectivity index (χ1n) is 4.42. The molecule has 13 heavy (non-hydrogen) atoms. The third-order valence-electron chi connectivity index (χ3n) is 2.64. The Bertz CT molecular complexity index is 320. The Morgan fingerprint density at radius 3 is 2.54 bits per heavy atom. The Morgan fingerprint density at radius 2 is 2.00 bits per heavy atom. The summed E-state index contributed by atoms with van der Waals surface area (Å²) >= 11 is 0. The van der Waals surface area contributed by atoms with Gasteiger partial charge in [-0.3, -0.25) is 0 Å². The molecule has 1 aliphatic heterocycles. The first kappa shape index (κ1) is 8.32. The predicted molar refractivity (Wildman–Crippen MR) is 52.8 cm³/mol. The van der Waals surface area contributed by atoms with E-state index in [1.165, 1.54) is 0 Å². The van der Waals surface area contributed by atoms with Crippen molar-refractivity contribution in [1.29, 1.82) is 0 Å². The first-order valence-corrected chi connectivity index (χ1v) is 4.42. The molecule has 68 valence electrons. The summed E-state index contributed by atoms with van der Waals surface area (Å²) in [5, 5.41) is 12.6. The number of hydrogen-bond donors (Lipinski definition) is 0. The van der Waals surface area contributed by atoms with Crippen molar-refractivity contribution in [2.75, 3.05) is 0 Å². The minimum absolute atomic E-state index is 0.388. The van der Waals surface area contributed by atoms with Crippen molar-refractivity contribution in [1.82, 2.24) is 5.06 Å². The maximum Gasteiger partial charge on any atom is 0.0548 e. The fraction of sp³-hybridized carbons (Fsp3) is 0.273. The van der Waals surface area contributed by atoms with Crippen LogP contribution in [0.1, 0.15) is 18.9 Å². The van der Waals surface area contributed by atoms with E-state index in [-0.39, 0.29) is 5.54 Å². The molecule has 1 aliphatic rings. The maximum absolute atomic E-state index is 11.5. The topological polar surface area (TPSA) is 26.3 Å². The second-order valence-electron chi connectivity index (χ2n) is 3.55. The van der Waals surface area contributed by atoms with Gasteiger partial charge in [-0.25, -0.2) is 0 Å². The summed E-state index contributed by atoms with van der Waals surface area (Å²) < 4.78 is 0. The summed E-state index contributed by atoms with van der Waals surface area (Å²) in [6.45, 7) is 1.97. The summed E-state index contributed by atoms with van der Waals surface area (Å²) in [6, 6.07) is 9.89. The molecule has 1 heterocycles. The minimum Gasteiger partial charge on any atom is -0.758 e. The molecule has 1 aromatic rings. The largest absolute Gasteiger partial charge is 0.758 e. The van der Waals surface area contributed by atoms with Gasteiger partial charge in [0.15, 0.2) is 0 Å².